The van der Waals surface area contributed by atoms with Gasteiger partial charge in [0.2, 0.25) is 5.91 Å². The molecule has 0 aliphatic rings. The molecule has 0 aromatic carbocycles. The van der Waals surface area contributed by atoms with Crippen LogP contribution in [0.15, 0.2) is 47.9 Å². The molecule has 0 bridgehead atoms. The van der Waals surface area contributed by atoms with Crippen LogP contribution in [0, 0.1) is 13.8 Å². The summed E-state index contributed by atoms with van der Waals surface area (Å²) in [7, 11) is 0. The van der Waals surface area contributed by atoms with E-state index in [4.69, 9.17) is 0 Å². The van der Waals surface area contributed by atoms with Crippen molar-refractivity contribution in [3.05, 3.63) is 64.7 Å². The van der Waals surface area contributed by atoms with Gasteiger partial charge in [0.25, 0.3) is 5.56 Å². The van der Waals surface area contributed by atoms with Crippen molar-refractivity contribution < 1.29 is 4.79 Å². The van der Waals surface area contributed by atoms with Crippen LogP contribution >= 0.6 is 0 Å². The van der Waals surface area contributed by atoms with Gasteiger partial charge in [0.05, 0.1) is 6.33 Å². The van der Waals surface area contributed by atoms with E-state index in [0.717, 1.165) is 0 Å². The van der Waals surface area contributed by atoms with E-state index in [0.29, 0.717) is 41.8 Å². The van der Waals surface area contributed by atoms with Crippen molar-refractivity contribution >= 4 is 23.4 Å². The second kappa shape index (κ2) is 9.40. The maximum absolute atomic E-state index is 12.1. The molecule has 3 aromatic heterocycles. The van der Waals surface area contributed by atoms with Crippen molar-refractivity contribution in [3.8, 4) is 0 Å². The van der Waals surface area contributed by atoms with Crippen LogP contribution in [0.4, 0.5) is 17.5 Å². The van der Waals surface area contributed by atoms with Gasteiger partial charge in [-0.15, -0.1) is 0 Å². The summed E-state index contributed by atoms with van der Waals surface area (Å²) in [5.74, 6) is 1.63. The lowest BCUT2D eigenvalue weighted by Crippen LogP contribution is -2.35. The molecular formula is C19H22N8O2. The summed E-state index contributed by atoms with van der Waals surface area (Å²) in [4.78, 5) is 40.8. The summed E-state index contributed by atoms with van der Waals surface area (Å²) in [5, 5.41) is 8.95. The largest absolute Gasteiger partial charge is 0.368 e. The first kappa shape index (κ1) is 19.9. The molecule has 0 radical (unpaired) electrons. The van der Waals surface area contributed by atoms with Crippen LogP contribution in [0.25, 0.3) is 0 Å². The molecule has 10 heteroatoms. The van der Waals surface area contributed by atoms with Gasteiger partial charge in [0, 0.05) is 36.6 Å². The quantitative estimate of drug-likeness (QED) is 0.483. The van der Waals surface area contributed by atoms with Crippen LogP contribution in [-0.4, -0.2) is 43.5 Å². The highest BCUT2D eigenvalue weighted by Crippen LogP contribution is 2.13. The first-order valence-corrected chi connectivity index (χ1v) is 9.06. The minimum atomic E-state index is -0.265. The minimum Gasteiger partial charge on any atom is -0.368 e. The number of amides is 1. The summed E-state index contributed by atoms with van der Waals surface area (Å²) in [6.45, 7) is 4.22. The molecule has 0 atom stereocenters. The third-order valence-corrected chi connectivity index (χ3v) is 4.17. The number of hydrogen-bond donors (Lipinski definition) is 3. The van der Waals surface area contributed by atoms with Gasteiger partial charge >= 0.3 is 0 Å². The van der Waals surface area contributed by atoms with E-state index in [9.17, 15) is 9.59 Å². The van der Waals surface area contributed by atoms with E-state index >= 15 is 0 Å². The summed E-state index contributed by atoms with van der Waals surface area (Å²) in [6, 6.07) is 7.29. The van der Waals surface area contributed by atoms with Crippen molar-refractivity contribution in [1.29, 1.82) is 0 Å². The molecule has 3 N–H and O–H groups in total. The summed E-state index contributed by atoms with van der Waals surface area (Å²) in [5.41, 5.74) is 0.998. The monoisotopic (exact) mass is 394 g/mol. The van der Waals surface area contributed by atoms with Gasteiger partial charge in [0.1, 0.15) is 30.3 Å². The van der Waals surface area contributed by atoms with E-state index in [-0.39, 0.29) is 18.0 Å². The standard InChI is InChI=1S/C19H22N8O2/c1-13-14(2)25-12-27(19(13)29)10-18(28)22-8-7-21-16-9-17(24-11-23-16)26-15-5-3-4-6-20-15/h3-6,9,11-12H,7-8,10H2,1-2H3,(H,22,28)(H2,20,21,23,24,26). The Morgan fingerprint density at radius 2 is 1.86 bits per heavy atom. The molecular weight excluding hydrogens is 372 g/mol. The summed E-state index contributed by atoms with van der Waals surface area (Å²) < 4.78 is 1.30. The fraction of sp³-hybridized carbons (Fsp3) is 0.263. The van der Waals surface area contributed by atoms with Crippen LogP contribution in [0.1, 0.15) is 11.3 Å². The molecule has 0 spiro atoms. The van der Waals surface area contributed by atoms with Crippen molar-refractivity contribution in [3.63, 3.8) is 0 Å². The van der Waals surface area contributed by atoms with Gasteiger partial charge in [-0.05, 0) is 26.0 Å². The van der Waals surface area contributed by atoms with E-state index < -0.39 is 0 Å². The topological polar surface area (TPSA) is 127 Å². The summed E-state index contributed by atoms with van der Waals surface area (Å²) >= 11 is 0. The zero-order valence-electron chi connectivity index (χ0n) is 16.2. The Morgan fingerprint density at radius 3 is 2.66 bits per heavy atom. The lowest BCUT2D eigenvalue weighted by Gasteiger charge is -2.10. The number of carbonyl (C=O) groups is 1. The van der Waals surface area contributed by atoms with Gasteiger partial charge in [0.15, 0.2) is 0 Å². The Labute approximate surface area is 167 Å². The third-order valence-electron chi connectivity index (χ3n) is 4.17. The molecule has 3 heterocycles. The number of aryl methyl sites for hydroxylation is 1. The lowest BCUT2D eigenvalue weighted by atomic mass is 10.3. The SMILES string of the molecule is Cc1ncn(CC(=O)NCCNc2cc(Nc3ccccn3)ncn2)c(=O)c1C. The molecule has 0 saturated heterocycles. The molecule has 1 amide bonds. The molecule has 10 nitrogen and oxygen atoms in total. The minimum absolute atomic E-state index is 0.0708. The van der Waals surface area contributed by atoms with Crippen molar-refractivity contribution in [2.24, 2.45) is 0 Å². The molecule has 29 heavy (non-hydrogen) atoms. The van der Waals surface area contributed by atoms with E-state index in [1.165, 1.54) is 17.2 Å². The summed E-state index contributed by atoms with van der Waals surface area (Å²) in [6.07, 6.45) is 4.51. The number of anilines is 3. The second-order valence-corrected chi connectivity index (χ2v) is 6.29. The normalized spacial score (nSPS) is 10.4. The zero-order valence-corrected chi connectivity index (χ0v) is 16.2. The lowest BCUT2D eigenvalue weighted by molar-refractivity contribution is -0.121. The Hall–Kier alpha value is -3.82. The van der Waals surface area contributed by atoms with Crippen molar-refractivity contribution in [2.45, 2.75) is 20.4 Å². The molecule has 150 valence electrons. The number of nitrogens with one attached hydrogen (secondary N) is 3. The number of rotatable bonds is 8. The van der Waals surface area contributed by atoms with Gasteiger partial charge in [-0.2, -0.15) is 0 Å². The van der Waals surface area contributed by atoms with Crippen LogP contribution in [-0.2, 0) is 11.3 Å². The van der Waals surface area contributed by atoms with Crippen molar-refractivity contribution in [1.82, 2.24) is 29.8 Å². The average molecular weight is 394 g/mol. The molecule has 0 aliphatic carbocycles. The van der Waals surface area contributed by atoms with Crippen LogP contribution in [0.5, 0.6) is 0 Å². The Morgan fingerprint density at radius 1 is 1.03 bits per heavy atom. The van der Waals surface area contributed by atoms with Crippen molar-refractivity contribution in [2.75, 3.05) is 23.7 Å². The third kappa shape index (κ3) is 5.58. The smallest absolute Gasteiger partial charge is 0.256 e. The van der Waals surface area contributed by atoms with Gasteiger partial charge in [-0.1, -0.05) is 6.07 Å². The number of nitrogens with zero attached hydrogens (tertiary/aromatic N) is 5. The van der Waals surface area contributed by atoms with E-state index in [1.807, 2.05) is 18.2 Å². The molecule has 0 unspecified atom stereocenters. The fourth-order valence-corrected chi connectivity index (χ4v) is 2.48. The number of pyridine rings is 1. The molecule has 0 fully saturated rings. The Kier molecular flexibility index (Phi) is 6.46. The number of carbonyl (C=O) groups excluding carboxylic acids is 1. The van der Waals surface area contributed by atoms with Crippen LogP contribution < -0.4 is 21.5 Å². The van der Waals surface area contributed by atoms with Crippen LogP contribution in [0.3, 0.4) is 0 Å². The predicted molar refractivity (Wildman–Crippen MR) is 109 cm³/mol. The van der Waals surface area contributed by atoms with Gasteiger partial charge in [-0.25, -0.2) is 19.9 Å². The second-order valence-electron chi connectivity index (χ2n) is 6.29. The predicted octanol–water partition coefficient (Wildman–Crippen LogP) is 1.02. The van der Waals surface area contributed by atoms with Gasteiger partial charge < -0.3 is 16.0 Å². The Bertz CT molecular complexity index is 1040. The molecule has 0 aliphatic heterocycles. The number of aromatic nitrogens is 5. The fourth-order valence-electron chi connectivity index (χ4n) is 2.48. The molecule has 0 saturated carbocycles. The zero-order chi connectivity index (χ0) is 20.6. The highest BCUT2D eigenvalue weighted by atomic mass is 16.2. The maximum atomic E-state index is 12.1. The molecule has 3 aromatic rings. The average Bonchev–Trinajstić information content (AvgIpc) is 2.73. The Balaban J connectivity index is 1.46. The maximum Gasteiger partial charge on any atom is 0.256 e. The van der Waals surface area contributed by atoms with E-state index in [1.54, 1.807) is 26.1 Å². The highest BCUT2D eigenvalue weighted by Gasteiger charge is 2.08. The highest BCUT2D eigenvalue weighted by molar-refractivity contribution is 5.75. The first-order chi connectivity index (χ1) is 14.0. The van der Waals surface area contributed by atoms with E-state index in [2.05, 4.69) is 35.9 Å². The molecule has 3 rings (SSSR count). The van der Waals surface area contributed by atoms with Crippen LogP contribution in [0.2, 0.25) is 0 Å². The first-order valence-electron chi connectivity index (χ1n) is 9.06. The number of hydrogen-bond acceptors (Lipinski definition) is 8. The van der Waals surface area contributed by atoms with Gasteiger partial charge in [-0.3, -0.25) is 14.2 Å².